The topological polar surface area (TPSA) is 122 Å². The Hall–Kier alpha value is -4.40. The van der Waals surface area contributed by atoms with Gasteiger partial charge in [-0.1, -0.05) is 18.7 Å². The third-order valence-electron chi connectivity index (χ3n) is 4.15. The van der Waals surface area contributed by atoms with Gasteiger partial charge in [0.1, 0.15) is 11.5 Å². The quantitative estimate of drug-likeness (QED) is 0.202. The number of nitro benzene ring substituents is 1. The van der Waals surface area contributed by atoms with E-state index in [1.165, 1.54) is 12.1 Å². The zero-order chi connectivity index (χ0) is 22.2. The monoisotopic (exact) mass is 419 g/mol. The van der Waals surface area contributed by atoms with E-state index in [0.717, 1.165) is 0 Å². The highest BCUT2D eigenvalue weighted by atomic mass is 16.6. The van der Waals surface area contributed by atoms with E-state index in [2.05, 4.69) is 27.2 Å². The van der Waals surface area contributed by atoms with Crippen molar-refractivity contribution in [1.29, 1.82) is 0 Å². The first-order chi connectivity index (χ1) is 15.0. The van der Waals surface area contributed by atoms with Gasteiger partial charge in [-0.15, -0.1) is 0 Å². The van der Waals surface area contributed by atoms with Crippen molar-refractivity contribution in [2.24, 2.45) is 0 Å². The van der Waals surface area contributed by atoms with Crippen molar-refractivity contribution in [2.45, 2.75) is 6.92 Å². The number of non-ortho nitro benzene ring substituents is 1. The molecule has 0 fully saturated rings. The molecule has 0 aliphatic carbocycles. The lowest BCUT2D eigenvalue weighted by molar-refractivity contribution is -0.384. The Morgan fingerprint density at radius 2 is 2.06 bits per heavy atom. The van der Waals surface area contributed by atoms with Crippen LogP contribution in [0.2, 0.25) is 0 Å². The Labute approximate surface area is 178 Å². The molecule has 9 nitrogen and oxygen atoms in total. The third-order valence-corrected chi connectivity index (χ3v) is 4.15. The van der Waals surface area contributed by atoms with Crippen LogP contribution in [0.25, 0.3) is 11.0 Å². The van der Waals surface area contributed by atoms with E-state index < -0.39 is 4.92 Å². The zero-order valence-corrected chi connectivity index (χ0v) is 16.8. The number of amides is 1. The van der Waals surface area contributed by atoms with Crippen molar-refractivity contribution >= 4 is 34.3 Å². The normalized spacial score (nSPS) is 11.5. The SMILES string of the molecule is C=C/C=C\C(=C/C)Oc1ccc(NC(=O)CNc2nc3ccc([N+](=O)[O-])cc3[nH]2)cc1. The lowest BCUT2D eigenvalue weighted by Gasteiger charge is -2.09. The van der Waals surface area contributed by atoms with Crippen molar-refractivity contribution in [1.82, 2.24) is 9.97 Å². The molecule has 0 bridgehead atoms. The fourth-order valence-corrected chi connectivity index (χ4v) is 2.66. The fraction of sp³-hybridized carbons (Fsp3) is 0.0909. The highest BCUT2D eigenvalue weighted by Gasteiger charge is 2.10. The predicted molar refractivity (Wildman–Crippen MR) is 120 cm³/mol. The molecule has 0 aliphatic rings. The maximum absolute atomic E-state index is 12.2. The zero-order valence-electron chi connectivity index (χ0n) is 16.8. The van der Waals surface area contributed by atoms with Crippen LogP contribution in [0.1, 0.15) is 6.92 Å². The van der Waals surface area contributed by atoms with Crippen LogP contribution in [0.4, 0.5) is 17.3 Å². The van der Waals surface area contributed by atoms with E-state index in [9.17, 15) is 14.9 Å². The molecule has 0 saturated heterocycles. The third kappa shape index (κ3) is 5.80. The molecule has 31 heavy (non-hydrogen) atoms. The number of aromatic nitrogens is 2. The van der Waals surface area contributed by atoms with Crippen LogP contribution in [0.3, 0.4) is 0 Å². The largest absolute Gasteiger partial charge is 0.458 e. The molecule has 1 aromatic heterocycles. The lowest BCUT2D eigenvalue weighted by Crippen LogP contribution is -2.22. The summed E-state index contributed by atoms with van der Waals surface area (Å²) < 4.78 is 5.73. The van der Waals surface area contributed by atoms with Gasteiger partial charge >= 0.3 is 0 Å². The summed E-state index contributed by atoms with van der Waals surface area (Å²) in [7, 11) is 0. The second kappa shape index (κ2) is 9.88. The number of nitrogens with one attached hydrogen (secondary N) is 3. The van der Waals surface area contributed by atoms with Crippen LogP contribution in [0.15, 0.2) is 79.1 Å². The number of allylic oxidation sites excluding steroid dienone is 4. The number of fused-ring (bicyclic) bond motifs is 1. The summed E-state index contributed by atoms with van der Waals surface area (Å²) in [4.78, 5) is 29.8. The first-order valence-electron chi connectivity index (χ1n) is 9.39. The van der Waals surface area contributed by atoms with Crippen LogP contribution in [0, 0.1) is 10.1 Å². The van der Waals surface area contributed by atoms with Crippen molar-refractivity contribution in [3.8, 4) is 5.75 Å². The number of aromatic amines is 1. The van der Waals surface area contributed by atoms with Gasteiger partial charge in [0.25, 0.3) is 5.69 Å². The summed E-state index contributed by atoms with van der Waals surface area (Å²) in [6.07, 6.45) is 7.07. The molecule has 0 unspecified atom stereocenters. The molecule has 0 radical (unpaired) electrons. The van der Waals surface area contributed by atoms with Crippen molar-refractivity contribution in [2.75, 3.05) is 17.2 Å². The van der Waals surface area contributed by atoms with Crippen LogP contribution >= 0.6 is 0 Å². The van der Waals surface area contributed by atoms with Crippen molar-refractivity contribution in [3.05, 3.63) is 89.2 Å². The van der Waals surface area contributed by atoms with E-state index in [4.69, 9.17) is 4.74 Å². The summed E-state index contributed by atoms with van der Waals surface area (Å²) in [6.45, 7) is 5.46. The van der Waals surface area contributed by atoms with Gasteiger partial charge in [-0.05, 0) is 49.4 Å². The Morgan fingerprint density at radius 1 is 1.29 bits per heavy atom. The number of benzene rings is 2. The van der Waals surface area contributed by atoms with E-state index in [-0.39, 0.29) is 18.1 Å². The molecule has 158 valence electrons. The number of nitro groups is 1. The lowest BCUT2D eigenvalue weighted by atomic mass is 10.3. The summed E-state index contributed by atoms with van der Waals surface area (Å²) in [5.74, 6) is 1.38. The second-order valence-corrected chi connectivity index (χ2v) is 6.36. The molecule has 3 rings (SSSR count). The van der Waals surface area contributed by atoms with Crippen LogP contribution in [-0.2, 0) is 4.79 Å². The first kappa shape index (κ1) is 21.3. The highest BCUT2D eigenvalue weighted by Crippen LogP contribution is 2.21. The number of hydrogen-bond acceptors (Lipinski definition) is 6. The number of hydrogen-bond donors (Lipinski definition) is 3. The van der Waals surface area contributed by atoms with E-state index in [1.807, 2.05) is 13.0 Å². The van der Waals surface area contributed by atoms with Crippen molar-refractivity contribution < 1.29 is 14.5 Å². The smallest absolute Gasteiger partial charge is 0.271 e. The summed E-state index contributed by atoms with van der Waals surface area (Å²) in [5, 5.41) is 16.5. The van der Waals surface area contributed by atoms with Crippen molar-refractivity contribution in [3.63, 3.8) is 0 Å². The Bertz CT molecular complexity index is 1160. The molecule has 0 aliphatic heterocycles. The van der Waals surface area contributed by atoms with Gasteiger partial charge in [-0.3, -0.25) is 14.9 Å². The molecule has 2 aromatic carbocycles. The standard InChI is InChI=1S/C22H21N5O4/c1-3-5-6-17(4-2)31-18-10-7-15(8-11-18)24-21(28)14-23-22-25-19-12-9-16(27(29)30)13-20(19)26-22/h3-13H,1,14H2,2H3,(H,24,28)(H2,23,25,26)/b6-5-,17-4+. The molecular formula is C22H21N5O4. The second-order valence-electron chi connectivity index (χ2n) is 6.36. The first-order valence-corrected chi connectivity index (χ1v) is 9.39. The minimum atomic E-state index is -0.478. The molecule has 3 N–H and O–H groups in total. The number of imidazole rings is 1. The van der Waals surface area contributed by atoms with Crippen LogP contribution < -0.4 is 15.4 Å². The van der Waals surface area contributed by atoms with Gasteiger partial charge in [0.2, 0.25) is 11.9 Å². The van der Waals surface area contributed by atoms with Gasteiger partial charge in [0, 0.05) is 17.8 Å². The average molecular weight is 419 g/mol. The molecule has 9 heteroatoms. The van der Waals surface area contributed by atoms with Crippen LogP contribution in [-0.4, -0.2) is 27.3 Å². The van der Waals surface area contributed by atoms with E-state index in [0.29, 0.717) is 34.2 Å². The fourth-order valence-electron chi connectivity index (χ4n) is 2.66. The van der Waals surface area contributed by atoms with Gasteiger partial charge in [0.05, 0.1) is 22.5 Å². The molecule has 0 spiro atoms. The molecule has 1 amide bonds. The minimum absolute atomic E-state index is 0.0325. The molecule has 3 aromatic rings. The van der Waals surface area contributed by atoms with Gasteiger partial charge in [0.15, 0.2) is 0 Å². The Balaban J connectivity index is 1.55. The number of anilines is 2. The average Bonchev–Trinajstić information content (AvgIpc) is 3.18. The Morgan fingerprint density at radius 3 is 2.74 bits per heavy atom. The number of H-pyrrole nitrogens is 1. The Kier molecular flexibility index (Phi) is 6.79. The number of rotatable bonds is 9. The number of carbonyl (C=O) groups is 1. The molecular weight excluding hydrogens is 398 g/mol. The van der Waals surface area contributed by atoms with Gasteiger partial charge < -0.3 is 20.4 Å². The van der Waals surface area contributed by atoms with Gasteiger partial charge in [-0.25, -0.2) is 4.98 Å². The maximum Gasteiger partial charge on any atom is 0.271 e. The number of nitrogens with zero attached hydrogens (tertiary/aromatic N) is 2. The number of ether oxygens (including phenoxy) is 1. The van der Waals surface area contributed by atoms with E-state index in [1.54, 1.807) is 48.6 Å². The summed E-state index contributed by atoms with van der Waals surface area (Å²) in [6, 6.07) is 11.3. The number of carbonyl (C=O) groups excluding carboxylic acids is 1. The maximum atomic E-state index is 12.2. The minimum Gasteiger partial charge on any atom is -0.458 e. The predicted octanol–water partition coefficient (Wildman–Crippen LogP) is 4.55. The van der Waals surface area contributed by atoms with Gasteiger partial charge in [-0.2, -0.15) is 0 Å². The molecule has 0 atom stereocenters. The van der Waals surface area contributed by atoms with Crippen LogP contribution in [0.5, 0.6) is 5.75 Å². The molecule has 0 saturated carbocycles. The molecule has 1 heterocycles. The van der Waals surface area contributed by atoms with E-state index >= 15 is 0 Å². The summed E-state index contributed by atoms with van der Waals surface area (Å²) >= 11 is 0. The highest BCUT2D eigenvalue weighted by molar-refractivity contribution is 5.93. The summed E-state index contributed by atoms with van der Waals surface area (Å²) in [5.41, 5.74) is 1.65.